The summed E-state index contributed by atoms with van der Waals surface area (Å²) in [6.45, 7) is 0. The summed E-state index contributed by atoms with van der Waals surface area (Å²) in [5.74, 6) is 0. The molecule has 0 atom stereocenters. The Morgan fingerprint density at radius 2 is 2.06 bits per heavy atom. The van der Waals surface area contributed by atoms with Crippen LogP contribution in [0.1, 0.15) is 0 Å². The van der Waals surface area contributed by atoms with E-state index in [1.807, 2.05) is 36.5 Å². The number of nitrogens with one attached hydrogen (secondary N) is 1. The van der Waals surface area contributed by atoms with E-state index in [-0.39, 0.29) is 32.7 Å². The van der Waals surface area contributed by atoms with E-state index in [2.05, 4.69) is 22.1 Å². The maximum Gasteiger partial charge on any atom is 0.0148 e. The van der Waals surface area contributed by atoms with Crippen molar-refractivity contribution >= 4 is 10.9 Å². The fourth-order valence-corrected chi connectivity index (χ4v) is 1.67. The Morgan fingerprint density at radius 3 is 2.88 bits per heavy atom. The molecule has 0 aliphatic heterocycles. The topological polar surface area (TPSA) is 28.7 Å². The molecule has 3 aromatic rings. The van der Waals surface area contributed by atoms with E-state index < -0.39 is 0 Å². The van der Waals surface area contributed by atoms with Gasteiger partial charge >= 0.3 is 0 Å². The summed E-state index contributed by atoms with van der Waals surface area (Å²) in [5.41, 5.74) is 2.86. The molecule has 0 aliphatic carbocycles. The van der Waals surface area contributed by atoms with Gasteiger partial charge in [0.25, 0.3) is 0 Å². The zero-order valence-electron chi connectivity index (χ0n) is 8.57. The molecule has 0 aliphatic rings. The Balaban J connectivity index is 0.000000963. The Morgan fingerprint density at radius 1 is 1.12 bits per heavy atom. The Labute approximate surface area is 119 Å². The van der Waals surface area contributed by atoms with Gasteiger partial charge in [-0.05, 0) is 6.07 Å². The van der Waals surface area contributed by atoms with E-state index in [9.17, 15) is 0 Å². The average molecular weight is 281 g/mol. The molecule has 2 nitrogen and oxygen atoms in total. The van der Waals surface area contributed by atoms with Gasteiger partial charge in [0.1, 0.15) is 0 Å². The minimum atomic E-state index is 0. The van der Waals surface area contributed by atoms with Crippen LogP contribution in [0.25, 0.3) is 22.2 Å². The summed E-state index contributed by atoms with van der Waals surface area (Å²) in [6, 6.07) is 16.1. The van der Waals surface area contributed by atoms with E-state index in [4.69, 9.17) is 0 Å². The minimum absolute atomic E-state index is 0. The molecule has 0 fully saturated rings. The standard InChI is InChI=1S/C13H8N2.Y/c1-4-10-5-2-9-15-13(10)11(6-1)12-7-3-8-14-12;/h1-5,8-9,14H;/q-2;. The number of hydrogen-bond donors (Lipinski definition) is 1. The first kappa shape index (κ1) is 11.5. The van der Waals surface area contributed by atoms with Gasteiger partial charge in [0.05, 0.1) is 0 Å². The monoisotopic (exact) mass is 281 g/mol. The van der Waals surface area contributed by atoms with Crippen molar-refractivity contribution < 1.29 is 32.7 Å². The normalized spacial score (nSPS) is 10.0. The Bertz CT molecular complexity index is 582. The van der Waals surface area contributed by atoms with E-state index in [1.165, 1.54) is 0 Å². The number of aromatic amines is 1. The van der Waals surface area contributed by atoms with Gasteiger partial charge in [-0.3, -0.25) is 0 Å². The second-order valence-corrected chi connectivity index (χ2v) is 3.29. The molecule has 1 N–H and O–H groups in total. The van der Waals surface area contributed by atoms with Crippen molar-refractivity contribution in [1.82, 2.24) is 9.97 Å². The maximum atomic E-state index is 4.37. The largest absolute Gasteiger partial charge is 0.474 e. The second kappa shape index (κ2) is 4.90. The molecule has 0 spiro atoms. The SMILES string of the molecule is [Y].[c-]1cc[nH]c1-c1[c-]ccc2cccnc12. The van der Waals surface area contributed by atoms with Gasteiger partial charge in [0.2, 0.25) is 0 Å². The molecule has 2 heterocycles. The van der Waals surface area contributed by atoms with Crippen LogP contribution in [0.15, 0.2) is 42.7 Å². The first-order valence-corrected chi connectivity index (χ1v) is 4.76. The molecule has 3 heteroatoms. The smallest absolute Gasteiger partial charge is 0.0148 e. The van der Waals surface area contributed by atoms with Crippen LogP contribution < -0.4 is 0 Å². The third kappa shape index (κ3) is 1.95. The van der Waals surface area contributed by atoms with Crippen molar-refractivity contribution in [2.45, 2.75) is 0 Å². The van der Waals surface area contributed by atoms with Gasteiger partial charge in [0, 0.05) is 38.9 Å². The third-order valence-electron chi connectivity index (χ3n) is 2.35. The maximum absolute atomic E-state index is 4.37. The molecule has 3 rings (SSSR count). The van der Waals surface area contributed by atoms with Crippen molar-refractivity contribution in [1.29, 1.82) is 0 Å². The molecule has 0 saturated heterocycles. The Hall–Kier alpha value is -0.986. The molecular weight excluding hydrogens is 273 g/mol. The molecule has 0 unspecified atom stereocenters. The molecule has 2 aromatic heterocycles. The van der Waals surface area contributed by atoms with E-state index in [0.29, 0.717) is 0 Å². The molecule has 75 valence electrons. The van der Waals surface area contributed by atoms with Crippen LogP contribution in [-0.4, -0.2) is 9.97 Å². The number of benzene rings is 1. The zero-order chi connectivity index (χ0) is 10.1. The first-order chi connectivity index (χ1) is 7.45. The van der Waals surface area contributed by atoms with Gasteiger partial charge in [0.15, 0.2) is 0 Å². The first-order valence-electron chi connectivity index (χ1n) is 4.76. The summed E-state index contributed by atoms with van der Waals surface area (Å²) < 4.78 is 0. The van der Waals surface area contributed by atoms with Crippen LogP contribution >= 0.6 is 0 Å². The predicted octanol–water partition coefficient (Wildman–Crippen LogP) is 2.83. The minimum Gasteiger partial charge on any atom is -0.474 e. The van der Waals surface area contributed by atoms with Crippen LogP contribution in [0.5, 0.6) is 0 Å². The van der Waals surface area contributed by atoms with E-state index in [1.54, 1.807) is 6.20 Å². The molecular formula is C13H8N2Y-2. The summed E-state index contributed by atoms with van der Waals surface area (Å²) in [5, 5.41) is 1.12. The fraction of sp³-hybridized carbons (Fsp3) is 0. The van der Waals surface area contributed by atoms with Gasteiger partial charge in [-0.15, -0.1) is 12.3 Å². The van der Waals surface area contributed by atoms with Crippen LogP contribution in [0.2, 0.25) is 0 Å². The zero-order valence-corrected chi connectivity index (χ0v) is 11.4. The molecule has 0 amide bonds. The van der Waals surface area contributed by atoms with Crippen LogP contribution in [-0.2, 0) is 32.7 Å². The number of nitrogens with zero attached hydrogens (tertiary/aromatic N) is 1. The second-order valence-electron chi connectivity index (χ2n) is 3.29. The van der Waals surface area contributed by atoms with Crippen molar-refractivity contribution in [3.63, 3.8) is 0 Å². The molecule has 0 bridgehead atoms. The number of H-pyrrole nitrogens is 1. The van der Waals surface area contributed by atoms with Crippen molar-refractivity contribution in [3.8, 4) is 11.3 Å². The summed E-state index contributed by atoms with van der Waals surface area (Å²) in [6.07, 6.45) is 3.65. The number of aromatic nitrogens is 2. The van der Waals surface area contributed by atoms with Gasteiger partial charge in [-0.2, -0.15) is 17.8 Å². The molecule has 16 heavy (non-hydrogen) atoms. The van der Waals surface area contributed by atoms with Crippen molar-refractivity contribution in [2.24, 2.45) is 0 Å². The summed E-state index contributed by atoms with van der Waals surface area (Å²) in [4.78, 5) is 7.48. The van der Waals surface area contributed by atoms with Gasteiger partial charge in [-0.1, -0.05) is 17.0 Å². The number of rotatable bonds is 1. The van der Waals surface area contributed by atoms with Gasteiger partial charge < -0.3 is 9.97 Å². The predicted molar refractivity (Wildman–Crippen MR) is 59.2 cm³/mol. The number of pyridine rings is 1. The molecule has 1 aromatic carbocycles. The van der Waals surface area contributed by atoms with Crippen LogP contribution in [0, 0.1) is 12.1 Å². The van der Waals surface area contributed by atoms with Crippen LogP contribution in [0.4, 0.5) is 0 Å². The molecule has 0 saturated carbocycles. The quantitative estimate of drug-likeness (QED) is 0.683. The summed E-state index contributed by atoms with van der Waals surface area (Å²) >= 11 is 0. The summed E-state index contributed by atoms with van der Waals surface area (Å²) in [7, 11) is 0. The fourth-order valence-electron chi connectivity index (χ4n) is 1.67. The van der Waals surface area contributed by atoms with Crippen molar-refractivity contribution in [2.75, 3.05) is 0 Å². The number of fused-ring (bicyclic) bond motifs is 1. The van der Waals surface area contributed by atoms with E-state index in [0.717, 1.165) is 22.2 Å². The van der Waals surface area contributed by atoms with Crippen LogP contribution in [0.3, 0.4) is 0 Å². The Kier molecular flexibility index (Phi) is 3.52. The average Bonchev–Trinajstić information content (AvgIpc) is 2.82. The third-order valence-corrected chi connectivity index (χ3v) is 2.35. The molecule has 1 radical (unpaired) electrons. The van der Waals surface area contributed by atoms with Gasteiger partial charge in [-0.25, -0.2) is 17.7 Å². The van der Waals surface area contributed by atoms with E-state index >= 15 is 0 Å². The number of hydrogen-bond acceptors (Lipinski definition) is 1. The van der Waals surface area contributed by atoms with Crippen molar-refractivity contribution in [3.05, 3.63) is 54.9 Å².